The molecule has 1 heterocycles. The molecule has 0 aliphatic carbocycles. The molecule has 4 nitrogen and oxygen atoms in total. The summed E-state index contributed by atoms with van der Waals surface area (Å²) in [5.41, 5.74) is -1.11. The molecular weight excluding hydrogens is 213 g/mol. The van der Waals surface area contributed by atoms with Crippen LogP contribution in [0.1, 0.15) is 5.69 Å². The second-order valence-electron chi connectivity index (χ2n) is 2.53. The molecule has 1 aromatic rings. The summed E-state index contributed by atoms with van der Waals surface area (Å²) in [6, 6.07) is 2.51. The van der Waals surface area contributed by atoms with Crippen LogP contribution in [0.3, 0.4) is 0 Å². The number of hydrogen-bond acceptors (Lipinski definition) is 3. The fourth-order valence-corrected chi connectivity index (χ4v) is 0.946. The fraction of sp³-hybridized carbons (Fsp3) is 0.250. The van der Waals surface area contributed by atoms with Crippen LogP contribution in [-0.4, -0.2) is 11.3 Å². The highest BCUT2D eigenvalue weighted by atomic mass is 19.4. The van der Waals surface area contributed by atoms with E-state index in [-0.39, 0.29) is 12.1 Å². The summed E-state index contributed by atoms with van der Waals surface area (Å²) < 4.78 is 39.2. The van der Waals surface area contributed by atoms with Gasteiger partial charge in [0.15, 0.2) is 5.75 Å². The molecule has 80 valence electrons. The summed E-state index contributed by atoms with van der Waals surface area (Å²) in [7, 11) is 0. The smallest absolute Gasteiger partial charge is 0.400 e. The topological polar surface area (TPSA) is 65.9 Å². The van der Waals surface area contributed by atoms with Gasteiger partial charge in [-0.15, -0.1) is 13.2 Å². The molecule has 0 saturated heterocycles. The van der Waals surface area contributed by atoms with Crippen LogP contribution >= 0.6 is 0 Å². The molecular formula is C8H5F3N2O2. The van der Waals surface area contributed by atoms with Crippen LogP contribution in [-0.2, 0) is 6.42 Å². The first kappa shape index (κ1) is 11.1. The van der Waals surface area contributed by atoms with E-state index in [9.17, 15) is 18.0 Å². The van der Waals surface area contributed by atoms with Gasteiger partial charge in [-0.25, -0.2) is 0 Å². The number of rotatable bonds is 2. The van der Waals surface area contributed by atoms with E-state index < -0.39 is 17.5 Å². The predicted molar refractivity (Wildman–Crippen MR) is 43.1 cm³/mol. The van der Waals surface area contributed by atoms with Gasteiger partial charge in [0.25, 0.3) is 0 Å². The Labute approximate surface area is 81.9 Å². The SMILES string of the molecule is N#CCc1[nH]ccc(=O)c1OC(F)(F)F. The van der Waals surface area contributed by atoms with Gasteiger partial charge < -0.3 is 9.72 Å². The van der Waals surface area contributed by atoms with Crippen molar-refractivity contribution in [3.8, 4) is 11.8 Å². The lowest BCUT2D eigenvalue weighted by Gasteiger charge is -2.10. The fourth-order valence-electron chi connectivity index (χ4n) is 0.946. The zero-order valence-corrected chi connectivity index (χ0v) is 7.26. The van der Waals surface area contributed by atoms with Gasteiger partial charge in [0.2, 0.25) is 5.43 Å². The minimum Gasteiger partial charge on any atom is -0.400 e. The summed E-state index contributed by atoms with van der Waals surface area (Å²) in [5.74, 6) is -0.883. The summed E-state index contributed by atoms with van der Waals surface area (Å²) in [5, 5.41) is 8.32. The van der Waals surface area contributed by atoms with Crippen molar-refractivity contribution in [3.05, 3.63) is 28.2 Å². The number of pyridine rings is 1. The van der Waals surface area contributed by atoms with Crippen molar-refractivity contribution < 1.29 is 17.9 Å². The third-order valence-electron chi connectivity index (χ3n) is 1.46. The predicted octanol–water partition coefficient (Wildman–Crippen LogP) is 1.34. The molecule has 0 aliphatic heterocycles. The van der Waals surface area contributed by atoms with E-state index in [1.165, 1.54) is 0 Å². The number of nitrogens with zero attached hydrogens (tertiary/aromatic N) is 1. The number of aromatic amines is 1. The molecule has 0 spiro atoms. The van der Waals surface area contributed by atoms with E-state index >= 15 is 0 Å². The minimum absolute atomic E-state index is 0.192. The molecule has 0 aliphatic rings. The van der Waals surface area contributed by atoms with Crippen molar-refractivity contribution in [1.82, 2.24) is 4.98 Å². The standard InChI is InChI=1S/C8H5F3N2O2/c9-8(10,11)15-7-5(1-3-12)13-4-2-6(7)14/h2,4H,1H2,(H,13,14). The van der Waals surface area contributed by atoms with Crippen molar-refractivity contribution in [3.63, 3.8) is 0 Å². The Morgan fingerprint density at radius 3 is 2.73 bits per heavy atom. The van der Waals surface area contributed by atoms with E-state index in [0.717, 1.165) is 12.3 Å². The summed E-state index contributed by atoms with van der Waals surface area (Å²) >= 11 is 0. The Balaban J connectivity index is 3.15. The minimum atomic E-state index is -4.95. The molecule has 0 bridgehead atoms. The zero-order valence-electron chi connectivity index (χ0n) is 7.26. The third kappa shape index (κ3) is 3.02. The van der Waals surface area contributed by atoms with Crippen LogP contribution in [0.15, 0.2) is 17.1 Å². The van der Waals surface area contributed by atoms with E-state index in [4.69, 9.17) is 5.26 Å². The number of aromatic nitrogens is 1. The lowest BCUT2D eigenvalue weighted by Crippen LogP contribution is -2.23. The average Bonchev–Trinajstić information content (AvgIpc) is 2.10. The third-order valence-corrected chi connectivity index (χ3v) is 1.46. The van der Waals surface area contributed by atoms with E-state index in [0.29, 0.717) is 0 Å². The van der Waals surface area contributed by atoms with Crippen LogP contribution in [0.4, 0.5) is 13.2 Å². The highest BCUT2D eigenvalue weighted by Crippen LogP contribution is 2.21. The maximum absolute atomic E-state index is 11.9. The van der Waals surface area contributed by atoms with Crippen LogP contribution in [0.5, 0.6) is 5.75 Å². The van der Waals surface area contributed by atoms with Gasteiger partial charge in [-0.1, -0.05) is 0 Å². The number of nitriles is 1. The normalized spacial score (nSPS) is 10.8. The van der Waals surface area contributed by atoms with Gasteiger partial charge in [0.1, 0.15) is 0 Å². The molecule has 0 atom stereocenters. The van der Waals surface area contributed by atoms with Crippen molar-refractivity contribution in [2.24, 2.45) is 0 Å². The molecule has 1 rings (SSSR count). The van der Waals surface area contributed by atoms with Gasteiger partial charge in [-0.3, -0.25) is 4.79 Å². The highest BCUT2D eigenvalue weighted by molar-refractivity contribution is 5.29. The van der Waals surface area contributed by atoms with Crippen LogP contribution < -0.4 is 10.2 Å². The number of nitrogens with one attached hydrogen (secondary N) is 1. The molecule has 0 amide bonds. The van der Waals surface area contributed by atoms with Gasteiger partial charge >= 0.3 is 6.36 Å². The van der Waals surface area contributed by atoms with Crippen molar-refractivity contribution >= 4 is 0 Å². The quantitative estimate of drug-likeness (QED) is 0.814. The van der Waals surface area contributed by atoms with Crippen LogP contribution in [0.25, 0.3) is 0 Å². The molecule has 0 aromatic carbocycles. The monoisotopic (exact) mass is 218 g/mol. The van der Waals surface area contributed by atoms with E-state index in [1.54, 1.807) is 6.07 Å². The molecule has 15 heavy (non-hydrogen) atoms. The maximum atomic E-state index is 11.9. The van der Waals surface area contributed by atoms with E-state index in [1.807, 2.05) is 0 Å². The molecule has 7 heteroatoms. The lowest BCUT2D eigenvalue weighted by atomic mass is 10.2. The largest absolute Gasteiger partial charge is 0.573 e. The summed E-state index contributed by atoms with van der Waals surface area (Å²) in [6.07, 6.45) is -4.15. The molecule has 0 fully saturated rings. The zero-order chi connectivity index (χ0) is 11.5. The second-order valence-corrected chi connectivity index (χ2v) is 2.53. The molecule has 0 saturated carbocycles. The Hall–Kier alpha value is -1.97. The summed E-state index contributed by atoms with van der Waals surface area (Å²) in [6.45, 7) is 0. The second kappa shape index (κ2) is 4.04. The van der Waals surface area contributed by atoms with Crippen LogP contribution in [0.2, 0.25) is 0 Å². The van der Waals surface area contributed by atoms with Gasteiger partial charge in [0, 0.05) is 12.3 Å². The molecule has 1 N–H and O–H groups in total. The van der Waals surface area contributed by atoms with Crippen molar-refractivity contribution in [2.75, 3.05) is 0 Å². The van der Waals surface area contributed by atoms with Gasteiger partial charge in [-0.05, 0) is 0 Å². The van der Waals surface area contributed by atoms with Crippen molar-refractivity contribution in [1.29, 1.82) is 5.26 Å². The number of alkyl halides is 3. The molecule has 0 radical (unpaired) electrons. The number of ether oxygens (including phenoxy) is 1. The number of halogens is 3. The average molecular weight is 218 g/mol. The van der Waals surface area contributed by atoms with Crippen LogP contribution in [0, 0.1) is 11.3 Å². The van der Waals surface area contributed by atoms with Gasteiger partial charge in [-0.2, -0.15) is 5.26 Å². The number of hydrogen-bond donors (Lipinski definition) is 1. The number of H-pyrrole nitrogens is 1. The Morgan fingerprint density at radius 2 is 2.20 bits per heavy atom. The molecule has 0 unspecified atom stereocenters. The van der Waals surface area contributed by atoms with E-state index in [2.05, 4.69) is 9.72 Å². The Bertz CT molecular complexity index is 444. The highest BCUT2D eigenvalue weighted by Gasteiger charge is 2.33. The summed E-state index contributed by atoms with van der Waals surface area (Å²) in [4.78, 5) is 13.4. The Kier molecular flexibility index (Phi) is 2.99. The Morgan fingerprint density at radius 1 is 1.53 bits per heavy atom. The lowest BCUT2D eigenvalue weighted by molar-refractivity contribution is -0.275. The first-order valence-electron chi connectivity index (χ1n) is 3.77. The first-order valence-corrected chi connectivity index (χ1v) is 3.77. The van der Waals surface area contributed by atoms with Crippen molar-refractivity contribution in [2.45, 2.75) is 12.8 Å². The first-order chi connectivity index (χ1) is 6.94. The molecule has 1 aromatic heterocycles. The van der Waals surface area contributed by atoms with Gasteiger partial charge in [0.05, 0.1) is 18.2 Å². The maximum Gasteiger partial charge on any atom is 0.573 e.